The highest BCUT2D eigenvalue weighted by Crippen LogP contribution is 2.21. The fourth-order valence-corrected chi connectivity index (χ4v) is 3.47. The quantitative estimate of drug-likeness (QED) is 0.446. The second kappa shape index (κ2) is 6.63. The largest absolute Gasteiger partial charge is 0.294 e. The van der Waals surface area contributed by atoms with Gasteiger partial charge in [-0.25, -0.2) is 4.98 Å². The summed E-state index contributed by atoms with van der Waals surface area (Å²) in [5, 5.41) is 10.3. The molecule has 0 aliphatic carbocycles. The summed E-state index contributed by atoms with van der Waals surface area (Å²) in [5.41, 5.74) is 4.96. The summed E-state index contributed by atoms with van der Waals surface area (Å²) in [6, 6.07) is 11.5. The highest BCUT2D eigenvalue weighted by Gasteiger charge is 2.12. The van der Waals surface area contributed by atoms with Crippen LogP contribution in [0.25, 0.3) is 33.1 Å². The van der Waals surface area contributed by atoms with Crippen molar-refractivity contribution in [2.45, 2.75) is 6.42 Å². The number of rotatable bonds is 4. The normalized spacial score (nSPS) is 11.4. The van der Waals surface area contributed by atoms with Gasteiger partial charge < -0.3 is 0 Å². The van der Waals surface area contributed by atoms with Gasteiger partial charge in [-0.2, -0.15) is 10.2 Å². The number of pyridine rings is 2. The first-order chi connectivity index (χ1) is 14.1. The second-order valence-corrected chi connectivity index (χ2v) is 7.11. The minimum atomic E-state index is 0.0195. The molecule has 0 radical (unpaired) electrons. The molecule has 0 bridgehead atoms. The van der Waals surface area contributed by atoms with Crippen molar-refractivity contribution in [3.05, 3.63) is 72.4 Å². The zero-order chi connectivity index (χ0) is 20.0. The Morgan fingerprint density at radius 2 is 1.86 bits per heavy atom. The van der Waals surface area contributed by atoms with Gasteiger partial charge in [-0.3, -0.25) is 19.1 Å². The lowest BCUT2D eigenvalue weighted by molar-refractivity contribution is 0.0992. The number of hydrogen-bond donors (Lipinski definition) is 0. The van der Waals surface area contributed by atoms with Crippen molar-refractivity contribution in [3.63, 3.8) is 0 Å². The third-order valence-electron chi connectivity index (χ3n) is 5.04. The molecule has 4 heterocycles. The summed E-state index contributed by atoms with van der Waals surface area (Å²) in [7, 11) is 3.76. The van der Waals surface area contributed by atoms with Crippen LogP contribution >= 0.6 is 0 Å². The van der Waals surface area contributed by atoms with Gasteiger partial charge in [0.05, 0.1) is 41.2 Å². The molecule has 7 heteroatoms. The van der Waals surface area contributed by atoms with Crippen LogP contribution < -0.4 is 0 Å². The Morgan fingerprint density at radius 3 is 2.69 bits per heavy atom. The fraction of sp³-hybridized carbons (Fsp3) is 0.136. The molecule has 0 spiro atoms. The Morgan fingerprint density at radius 1 is 0.966 bits per heavy atom. The van der Waals surface area contributed by atoms with E-state index in [1.54, 1.807) is 28.0 Å². The Bertz CT molecular complexity index is 1380. The zero-order valence-electron chi connectivity index (χ0n) is 16.1. The van der Waals surface area contributed by atoms with Crippen LogP contribution in [0.1, 0.15) is 16.1 Å². The van der Waals surface area contributed by atoms with Crippen LogP contribution in [0.5, 0.6) is 0 Å². The minimum absolute atomic E-state index is 0.0195. The molecule has 29 heavy (non-hydrogen) atoms. The average molecular weight is 382 g/mol. The van der Waals surface area contributed by atoms with Crippen molar-refractivity contribution in [2.24, 2.45) is 14.1 Å². The molecule has 0 aliphatic rings. The topological polar surface area (TPSA) is 78.5 Å². The SMILES string of the molecule is Cn1cc(-c2ccc3cnc(CC(=O)c4ccc5c(cnn5C)c4)cc3n2)cn1. The summed E-state index contributed by atoms with van der Waals surface area (Å²) in [6.45, 7) is 0. The Kier molecular flexibility index (Phi) is 3.94. The van der Waals surface area contributed by atoms with Gasteiger partial charge in [0.25, 0.3) is 0 Å². The number of carbonyl (C=O) groups is 1. The number of ketones is 1. The molecule has 0 amide bonds. The summed E-state index contributed by atoms with van der Waals surface area (Å²) in [6.07, 6.45) is 7.47. The maximum Gasteiger partial charge on any atom is 0.168 e. The first-order valence-corrected chi connectivity index (χ1v) is 9.26. The second-order valence-electron chi connectivity index (χ2n) is 7.11. The van der Waals surface area contributed by atoms with E-state index in [1.807, 2.05) is 56.7 Å². The van der Waals surface area contributed by atoms with E-state index in [9.17, 15) is 4.79 Å². The van der Waals surface area contributed by atoms with Crippen molar-refractivity contribution in [1.29, 1.82) is 0 Å². The van der Waals surface area contributed by atoms with Crippen molar-refractivity contribution in [3.8, 4) is 11.3 Å². The smallest absolute Gasteiger partial charge is 0.168 e. The molecule has 0 atom stereocenters. The Labute approximate surface area is 166 Å². The molecule has 0 saturated heterocycles. The molecule has 4 aromatic heterocycles. The third-order valence-corrected chi connectivity index (χ3v) is 5.04. The highest BCUT2D eigenvalue weighted by molar-refractivity contribution is 6.00. The third kappa shape index (κ3) is 3.16. The van der Waals surface area contributed by atoms with Gasteiger partial charge in [-0.1, -0.05) is 0 Å². The zero-order valence-corrected chi connectivity index (χ0v) is 16.1. The van der Waals surface area contributed by atoms with Gasteiger partial charge in [0.2, 0.25) is 0 Å². The van der Waals surface area contributed by atoms with Gasteiger partial charge in [0.15, 0.2) is 5.78 Å². The molecule has 5 aromatic rings. The maximum atomic E-state index is 12.8. The number of hydrogen-bond acceptors (Lipinski definition) is 5. The van der Waals surface area contributed by atoms with Crippen molar-refractivity contribution >= 4 is 27.6 Å². The predicted molar refractivity (Wildman–Crippen MR) is 110 cm³/mol. The lowest BCUT2D eigenvalue weighted by Crippen LogP contribution is -2.05. The number of carbonyl (C=O) groups excluding carboxylic acids is 1. The first kappa shape index (κ1) is 17.2. The number of aromatic nitrogens is 6. The monoisotopic (exact) mass is 382 g/mol. The predicted octanol–water partition coefficient (Wildman–Crippen LogP) is 3.34. The van der Waals surface area contributed by atoms with Crippen LogP contribution in [0, 0.1) is 0 Å². The van der Waals surface area contributed by atoms with Crippen molar-refractivity contribution in [2.75, 3.05) is 0 Å². The number of fused-ring (bicyclic) bond motifs is 2. The number of Topliss-reactive ketones (excluding diaryl/α,β-unsaturated/α-hetero) is 1. The van der Waals surface area contributed by atoms with Crippen LogP contribution in [0.15, 0.2) is 61.2 Å². The van der Waals surface area contributed by atoms with E-state index >= 15 is 0 Å². The van der Waals surface area contributed by atoms with E-state index in [4.69, 9.17) is 4.98 Å². The molecule has 7 nitrogen and oxygen atoms in total. The van der Waals surface area contributed by atoms with Crippen LogP contribution in [-0.4, -0.2) is 35.3 Å². The maximum absolute atomic E-state index is 12.8. The number of aryl methyl sites for hydroxylation is 2. The molecule has 142 valence electrons. The molecule has 0 fully saturated rings. The summed E-state index contributed by atoms with van der Waals surface area (Å²) in [5.74, 6) is 0.0195. The van der Waals surface area contributed by atoms with Crippen molar-refractivity contribution < 1.29 is 4.79 Å². The molecule has 0 aliphatic heterocycles. The van der Waals surface area contributed by atoms with Gasteiger partial charge in [0.1, 0.15) is 0 Å². The standard InChI is InChI=1S/C22H18N6O/c1-27-13-17(12-24-27)19-5-3-15-10-23-18(8-20(15)26-19)9-22(29)14-4-6-21-16(7-14)11-25-28(21)2/h3-8,10-13H,9H2,1-2H3. The molecular formula is C22H18N6O. The lowest BCUT2D eigenvalue weighted by atomic mass is 10.0. The van der Waals surface area contributed by atoms with E-state index in [2.05, 4.69) is 15.2 Å². The lowest BCUT2D eigenvalue weighted by Gasteiger charge is -2.05. The average Bonchev–Trinajstić information content (AvgIpc) is 3.33. The Balaban J connectivity index is 1.45. The summed E-state index contributed by atoms with van der Waals surface area (Å²) < 4.78 is 3.54. The summed E-state index contributed by atoms with van der Waals surface area (Å²) in [4.78, 5) is 22.0. The molecule has 1 aromatic carbocycles. The van der Waals surface area contributed by atoms with Crippen LogP contribution in [0.4, 0.5) is 0 Å². The number of benzene rings is 1. The van der Waals surface area contributed by atoms with E-state index < -0.39 is 0 Å². The van der Waals surface area contributed by atoms with Crippen LogP contribution in [-0.2, 0) is 20.5 Å². The molecule has 5 rings (SSSR count). The van der Waals surface area contributed by atoms with E-state index in [0.717, 1.165) is 33.1 Å². The van der Waals surface area contributed by atoms with Gasteiger partial charge >= 0.3 is 0 Å². The van der Waals surface area contributed by atoms with Crippen molar-refractivity contribution in [1.82, 2.24) is 29.5 Å². The molecule has 0 N–H and O–H groups in total. The van der Waals surface area contributed by atoms with E-state index in [1.165, 1.54) is 0 Å². The summed E-state index contributed by atoms with van der Waals surface area (Å²) >= 11 is 0. The van der Waals surface area contributed by atoms with Crippen LogP contribution in [0.3, 0.4) is 0 Å². The van der Waals surface area contributed by atoms with Gasteiger partial charge in [-0.05, 0) is 36.4 Å². The fourth-order valence-electron chi connectivity index (χ4n) is 3.47. The van der Waals surface area contributed by atoms with Gasteiger partial charge in [0, 0.05) is 48.4 Å². The minimum Gasteiger partial charge on any atom is -0.294 e. The first-order valence-electron chi connectivity index (χ1n) is 9.26. The van der Waals surface area contributed by atoms with E-state index in [0.29, 0.717) is 11.3 Å². The van der Waals surface area contributed by atoms with Gasteiger partial charge in [-0.15, -0.1) is 0 Å². The van der Waals surface area contributed by atoms with E-state index in [-0.39, 0.29) is 12.2 Å². The molecule has 0 saturated carbocycles. The van der Waals surface area contributed by atoms with Crippen LogP contribution in [0.2, 0.25) is 0 Å². The highest BCUT2D eigenvalue weighted by atomic mass is 16.1. The molecular weight excluding hydrogens is 364 g/mol. The molecule has 0 unspecified atom stereocenters. The Hall–Kier alpha value is -3.87. The number of nitrogens with zero attached hydrogens (tertiary/aromatic N) is 6.